The van der Waals surface area contributed by atoms with Gasteiger partial charge in [0.25, 0.3) is 0 Å². The van der Waals surface area contributed by atoms with Gasteiger partial charge in [-0.05, 0) is 22.3 Å². The number of benzene rings is 2. The Bertz CT molecular complexity index is 677. The van der Waals surface area contributed by atoms with E-state index in [-0.39, 0.29) is 12.5 Å². The summed E-state index contributed by atoms with van der Waals surface area (Å²) in [5, 5.41) is 8.47. The highest BCUT2D eigenvalue weighted by Gasteiger charge is 2.29. The number of ether oxygens (including phenoxy) is 2. The summed E-state index contributed by atoms with van der Waals surface area (Å²) >= 11 is 0. The van der Waals surface area contributed by atoms with Crippen LogP contribution in [-0.4, -0.2) is 30.4 Å². The molecule has 0 bridgehead atoms. The van der Waals surface area contributed by atoms with E-state index in [2.05, 4.69) is 4.74 Å². The fourth-order valence-corrected chi connectivity index (χ4v) is 2.75. The predicted molar refractivity (Wildman–Crippen MR) is 78.7 cm³/mol. The molecule has 112 valence electrons. The van der Waals surface area contributed by atoms with Crippen LogP contribution in [-0.2, 0) is 14.3 Å². The van der Waals surface area contributed by atoms with Crippen LogP contribution in [0.4, 0.5) is 4.79 Å². The van der Waals surface area contributed by atoms with E-state index in [1.807, 2.05) is 48.5 Å². The lowest BCUT2D eigenvalue weighted by Gasteiger charge is -2.13. The lowest BCUT2D eigenvalue weighted by Crippen LogP contribution is -2.17. The maximum absolute atomic E-state index is 11.4. The summed E-state index contributed by atoms with van der Waals surface area (Å²) in [5.74, 6) is -1.28. The maximum Gasteiger partial charge on any atom is 0.508 e. The van der Waals surface area contributed by atoms with Gasteiger partial charge in [-0.1, -0.05) is 48.5 Å². The molecular weight excluding hydrogens is 284 g/mol. The van der Waals surface area contributed by atoms with Crippen molar-refractivity contribution in [3.05, 3.63) is 59.7 Å². The van der Waals surface area contributed by atoms with E-state index in [0.29, 0.717) is 0 Å². The molecule has 1 aliphatic carbocycles. The molecule has 0 saturated carbocycles. The van der Waals surface area contributed by atoms with Crippen molar-refractivity contribution in [3.8, 4) is 11.1 Å². The zero-order valence-corrected chi connectivity index (χ0v) is 11.7. The molecule has 5 nitrogen and oxygen atoms in total. The molecular formula is C17H14O5. The monoisotopic (exact) mass is 298 g/mol. The zero-order valence-electron chi connectivity index (χ0n) is 11.7. The number of hydrogen-bond acceptors (Lipinski definition) is 4. The Morgan fingerprint density at radius 1 is 0.909 bits per heavy atom. The minimum Gasteiger partial charge on any atom is -0.479 e. The molecule has 3 rings (SSSR count). The molecule has 0 atom stereocenters. The number of carbonyl (C=O) groups excluding carboxylic acids is 1. The Morgan fingerprint density at radius 3 is 2.00 bits per heavy atom. The third-order valence-electron chi connectivity index (χ3n) is 3.64. The number of rotatable bonds is 4. The van der Waals surface area contributed by atoms with Crippen LogP contribution in [0.1, 0.15) is 17.0 Å². The van der Waals surface area contributed by atoms with Gasteiger partial charge in [0.15, 0.2) is 6.61 Å². The second-order valence-electron chi connectivity index (χ2n) is 4.97. The Hall–Kier alpha value is -2.82. The smallest absolute Gasteiger partial charge is 0.479 e. The van der Waals surface area contributed by atoms with E-state index in [1.54, 1.807) is 0 Å². The normalized spacial score (nSPS) is 12.4. The molecule has 2 aromatic rings. The van der Waals surface area contributed by atoms with Crippen LogP contribution >= 0.6 is 0 Å². The minimum atomic E-state index is -1.21. The van der Waals surface area contributed by atoms with Crippen LogP contribution in [0.2, 0.25) is 0 Å². The van der Waals surface area contributed by atoms with Gasteiger partial charge in [-0.2, -0.15) is 0 Å². The van der Waals surface area contributed by atoms with E-state index in [1.165, 1.54) is 0 Å². The molecule has 0 heterocycles. The first-order valence-corrected chi connectivity index (χ1v) is 6.86. The molecule has 0 radical (unpaired) electrons. The van der Waals surface area contributed by atoms with Gasteiger partial charge in [0, 0.05) is 5.92 Å². The first kappa shape index (κ1) is 14.1. The van der Waals surface area contributed by atoms with Crippen LogP contribution in [0.3, 0.4) is 0 Å². The molecule has 5 heteroatoms. The highest BCUT2D eigenvalue weighted by molar-refractivity contribution is 5.79. The number of aliphatic carboxylic acids is 1. The molecule has 22 heavy (non-hydrogen) atoms. The van der Waals surface area contributed by atoms with Gasteiger partial charge < -0.3 is 14.6 Å². The van der Waals surface area contributed by atoms with Crippen molar-refractivity contribution in [3.63, 3.8) is 0 Å². The molecule has 2 aromatic carbocycles. The van der Waals surface area contributed by atoms with Crippen molar-refractivity contribution < 1.29 is 24.2 Å². The molecule has 0 fully saturated rings. The van der Waals surface area contributed by atoms with Crippen LogP contribution in [0.15, 0.2) is 48.5 Å². The van der Waals surface area contributed by atoms with E-state index >= 15 is 0 Å². The Kier molecular flexibility index (Phi) is 3.78. The summed E-state index contributed by atoms with van der Waals surface area (Å²) in [6.07, 6.45) is -0.968. The fourth-order valence-electron chi connectivity index (χ4n) is 2.75. The highest BCUT2D eigenvalue weighted by Crippen LogP contribution is 2.44. The fraction of sp³-hybridized carbons (Fsp3) is 0.176. The number of carboxylic acid groups (broad SMARTS) is 1. The Morgan fingerprint density at radius 2 is 1.45 bits per heavy atom. The first-order chi connectivity index (χ1) is 10.7. The van der Waals surface area contributed by atoms with E-state index in [4.69, 9.17) is 9.84 Å². The molecule has 0 unspecified atom stereocenters. The Labute approximate surface area is 127 Å². The number of carboxylic acids is 1. The predicted octanol–water partition coefficient (Wildman–Crippen LogP) is 3.04. The lowest BCUT2D eigenvalue weighted by atomic mass is 9.98. The number of fused-ring (bicyclic) bond motifs is 3. The third kappa shape index (κ3) is 2.65. The highest BCUT2D eigenvalue weighted by atomic mass is 16.7. The second kappa shape index (κ2) is 5.89. The van der Waals surface area contributed by atoms with E-state index in [9.17, 15) is 9.59 Å². The summed E-state index contributed by atoms with van der Waals surface area (Å²) < 4.78 is 9.54. The summed E-state index contributed by atoms with van der Waals surface area (Å²) in [5.41, 5.74) is 4.45. The lowest BCUT2D eigenvalue weighted by molar-refractivity contribution is -0.141. The average molecular weight is 298 g/mol. The zero-order chi connectivity index (χ0) is 15.5. The molecule has 1 aliphatic rings. The minimum absolute atomic E-state index is 0.0650. The Balaban J connectivity index is 1.77. The summed E-state index contributed by atoms with van der Waals surface area (Å²) in [7, 11) is 0. The molecule has 0 aliphatic heterocycles. The van der Waals surface area contributed by atoms with Gasteiger partial charge in [-0.25, -0.2) is 9.59 Å². The van der Waals surface area contributed by atoms with Crippen LogP contribution < -0.4 is 0 Å². The van der Waals surface area contributed by atoms with Gasteiger partial charge in [-0.3, -0.25) is 0 Å². The SMILES string of the molecule is O=C(O)COC(=O)OCC1c2ccccc2-c2ccccc21. The molecule has 0 aromatic heterocycles. The number of hydrogen-bond donors (Lipinski definition) is 1. The molecule has 1 N–H and O–H groups in total. The quantitative estimate of drug-likeness (QED) is 0.878. The van der Waals surface area contributed by atoms with Gasteiger partial charge >= 0.3 is 12.1 Å². The van der Waals surface area contributed by atoms with Crippen molar-refractivity contribution in [2.24, 2.45) is 0 Å². The number of carbonyl (C=O) groups is 2. The van der Waals surface area contributed by atoms with Crippen molar-refractivity contribution in [2.75, 3.05) is 13.2 Å². The summed E-state index contributed by atoms with van der Waals surface area (Å²) in [6.45, 7) is -0.580. The van der Waals surface area contributed by atoms with Crippen LogP contribution in [0.5, 0.6) is 0 Å². The van der Waals surface area contributed by atoms with Crippen LogP contribution in [0.25, 0.3) is 11.1 Å². The topological polar surface area (TPSA) is 72.8 Å². The standard InChI is InChI=1S/C17H14O5/c18-16(19)10-22-17(20)21-9-15-13-7-3-1-5-11(13)12-6-2-4-8-14(12)15/h1-8,15H,9-10H2,(H,18,19). The largest absolute Gasteiger partial charge is 0.508 e. The molecule has 0 spiro atoms. The van der Waals surface area contributed by atoms with Crippen molar-refractivity contribution in [1.29, 1.82) is 0 Å². The summed E-state index contributed by atoms with van der Waals surface area (Å²) in [4.78, 5) is 21.8. The van der Waals surface area contributed by atoms with Crippen molar-refractivity contribution in [2.45, 2.75) is 5.92 Å². The first-order valence-electron chi connectivity index (χ1n) is 6.86. The van der Waals surface area contributed by atoms with Gasteiger partial charge in [0.1, 0.15) is 6.61 Å². The maximum atomic E-state index is 11.4. The van der Waals surface area contributed by atoms with Gasteiger partial charge in [0.05, 0.1) is 0 Å². The van der Waals surface area contributed by atoms with Crippen LogP contribution in [0, 0.1) is 0 Å². The van der Waals surface area contributed by atoms with Crippen molar-refractivity contribution >= 4 is 12.1 Å². The van der Waals surface area contributed by atoms with E-state index in [0.717, 1.165) is 22.3 Å². The van der Waals surface area contributed by atoms with E-state index < -0.39 is 18.7 Å². The summed E-state index contributed by atoms with van der Waals surface area (Å²) in [6, 6.07) is 15.9. The molecule has 0 amide bonds. The van der Waals surface area contributed by atoms with Gasteiger partial charge in [0.2, 0.25) is 0 Å². The molecule has 0 saturated heterocycles. The third-order valence-corrected chi connectivity index (χ3v) is 3.64. The second-order valence-corrected chi connectivity index (χ2v) is 4.97. The van der Waals surface area contributed by atoms with Crippen molar-refractivity contribution in [1.82, 2.24) is 0 Å². The average Bonchev–Trinajstić information content (AvgIpc) is 2.85. The van der Waals surface area contributed by atoms with Gasteiger partial charge in [-0.15, -0.1) is 0 Å².